The number of halogens is 17. The Morgan fingerprint density at radius 2 is 0.949 bits per heavy atom. The predicted molar refractivity (Wildman–Crippen MR) is 101 cm³/mol. The maximum absolute atomic E-state index is 13.8. The fourth-order valence-corrected chi connectivity index (χ4v) is 3.03. The van der Waals surface area contributed by atoms with Gasteiger partial charge in [-0.15, -0.1) is 0 Å². The summed E-state index contributed by atoms with van der Waals surface area (Å²) in [6.07, 6.45) is -12.0. The summed E-state index contributed by atoms with van der Waals surface area (Å²) in [5.41, 5.74) is 0.127. The van der Waals surface area contributed by atoms with Crippen LogP contribution in [-0.2, 0) is 4.79 Å². The number of carbonyl (C=O) groups is 1. The molecule has 19 heteroatoms. The van der Waals surface area contributed by atoms with Crippen molar-refractivity contribution < 1.29 is 79.4 Å². The Labute approximate surface area is 210 Å². The summed E-state index contributed by atoms with van der Waals surface area (Å²) < 4.78 is 225. The van der Waals surface area contributed by atoms with Gasteiger partial charge in [0.2, 0.25) is 5.91 Å². The van der Waals surface area contributed by atoms with Gasteiger partial charge in [0.25, 0.3) is 0 Å². The third-order valence-corrected chi connectivity index (χ3v) is 5.49. The number of nitrogens with zero attached hydrogens (tertiary/aromatic N) is 1. The second-order valence-electron chi connectivity index (χ2n) is 8.48. The van der Waals surface area contributed by atoms with Gasteiger partial charge >= 0.3 is 47.6 Å². The maximum Gasteiger partial charge on any atom is 0.460 e. The highest BCUT2D eigenvalue weighted by molar-refractivity contribution is 5.92. The van der Waals surface area contributed by atoms with Crippen LogP contribution in [0.15, 0.2) is 12.2 Å². The fraction of sp³-hybridized carbons (Fsp3) is 0.850. The highest BCUT2D eigenvalue weighted by Gasteiger charge is 2.95. The van der Waals surface area contributed by atoms with Gasteiger partial charge in [-0.25, -0.2) is 0 Å². The normalized spacial score (nSPS) is 14.9. The van der Waals surface area contributed by atoms with E-state index in [4.69, 9.17) is 0 Å². The molecule has 1 amide bonds. The average molecular weight is 615 g/mol. The first-order valence-corrected chi connectivity index (χ1v) is 10.7. The van der Waals surface area contributed by atoms with Gasteiger partial charge < -0.3 is 4.90 Å². The SMILES string of the molecule is C=C(C)C(=O)N(CC)CCCCCCC(F)(F)C(F)(F)C(F)(F)C(F)(F)C(F)(F)C(F)(F)C(F)(F)C(F)(F)F. The van der Waals surface area contributed by atoms with Gasteiger partial charge in [-0.2, -0.15) is 74.6 Å². The molecule has 0 aromatic carbocycles. The molecule has 0 aliphatic carbocycles. The first-order valence-electron chi connectivity index (χ1n) is 10.7. The van der Waals surface area contributed by atoms with E-state index in [1.165, 1.54) is 11.8 Å². The van der Waals surface area contributed by atoms with Gasteiger partial charge in [0.1, 0.15) is 0 Å². The van der Waals surface area contributed by atoms with Crippen molar-refractivity contribution in [3.05, 3.63) is 12.2 Å². The van der Waals surface area contributed by atoms with E-state index in [2.05, 4.69) is 6.58 Å². The van der Waals surface area contributed by atoms with Crippen LogP contribution in [0.25, 0.3) is 0 Å². The Hall–Kier alpha value is -1.98. The third-order valence-electron chi connectivity index (χ3n) is 5.49. The van der Waals surface area contributed by atoms with Crippen LogP contribution >= 0.6 is 0 Å². The first-order chi connectivity index (χ1) is 17.0. The molecule has 0 spiro atoms. The first kappa shape index (κ1) is 37.0. The van der Waals surface area contributed by atoms with E-state index in [1.54, 1.807) is 6.92 Å². The Morgan fingerprint density at radius 3 is 1.31 bits per heavy atom. The summed E-state index contributed by atoms with van der Waals surface area (Å²) in [4.78, 5) is 13.0. The van der Waals surface area contributed by atoms with Crippen molar-refractivity contribution in [2.45, 2.75) is 93.6 Å². The lowest BCUT2D eigenvalue weighted by molar-refractivity contribution is -0.461. The summed E-state index contributed by atoms with van der Waals surface area (Å²) in [6, 6.07) is 0. The van der Waals surface area contributed by atoms with Crippen LogP contribution in [-0.4, -0.2) is 71.5 Å². The smallest absolute Gasteiger partial charge is 0.339 e. The zero-order valence-corrected chi connectivity index (χ0v) is 19.9. The van der Waals surface area contributed by atoms with Gasteiger partial charge in [-0.05, 0) is 26.7 Å². The van der Waals surface area contributed by atoms with Gasteiger partial charge in [0, 0.05) is 25.1 Å². The van der Waals surface area contributed by atoms with Gasteiger partial charge in [-0.1, -0.05) is 19.4 Å². The van der Waals surface area contributed by atoms with Crippen molar-refractivity contribution in [3.63, 3.8) is 0 Å². The molecule has 0 heterocycles. The van der Waals surface area contributed by atoms with Crippen molar-refractivity contribution in [2.24, 2.45) is 0 Å². The van der Waals surface area contributed by atoms with E-state index < -0.39 is 72.8 Å². The summed E-state index contributed by atoms with van der Waals surface area (Å²) in [7, 11) is 0. The highest BCUT2D eigenvalue weighted by atomic mass is 19.4. The molecule has 0 radical (unpaired) electrons. The number of rotatable bonds is 15. The van der Waals surface area contributed by atoms with Crippen LogP contribution < -0.4 is 0 Å². The molecule has 0 atom stereocenters. The van der Waals surface area contributed by atoms with Crippen LogP contribution in [0.2, 0.25) is 0 Å². The van der Waals surface area contributed by atoms with Crippen molar-refractivity contribution in [1.82, 2.24) is 4.90 Å². The molecule has 2 nitrogen and oxygen atoms in total. The Balaban J connectivity index is 5.75. The van der Waals surface area contributed by atoms with Crippen molar-refractivity contribution in [1.29, 1.82) is 0 Å². The number of unbranched alkanes of at least 4 members (excludes halogenated alkanes) is 3. The second-order valence-corrected chi connectivity index (χ2v) is 8.48. The zero-order chi connectivity index (χ0) is 31.7. The van der Waals surface area contributed by atoms with Crippen LogP contribution in [0.1, 0.15) is 46.0 Å². The number of carbonyl (C=O) groups excluding carboxylic acids is 1. The fourth-order valence-electron chi connectivity index (χ4n) is 3.03. The minimum Gasteiger partial charge on any atom is -0.339 e. The summed E-state index contributed by atoms with van der Waals surface area (Å²) in [5, 5.41) is 0. The van der Waals surface area contributed by atoms with Crippen LogP contribution in [0.3, 0.4) is 0 Å². The number of hydrogen-bond donors (Lipinski definition) is 0. The third kappa shape index (κ3) is 6.35. The predicted octanol–water partition coefficient (Wildman–Crippen LogP) is 8.37. The molecule has 39 heavy (non-hydrogen) atoms. The molecule has 0 aliphatic rings. The van der Waals surface area contributed by atoms with Crippen LogP contribution in [0.5, 0.6) is 0 Å². The molecule has 0 saturated carbocycles. The summed E-state index contributed by atoms with van der Waals surface area (Å²) in [5.74, 6) is -56.6. The van der Waals surface area contributed by atoms with E-state index in [-0.39, 0.29) is 31.5 Å². The molecular formula is C20H22F17NO. The molecule has 0 rings (SSSR count). The van der Waals surface area contributed by atoms with Gasteiger partial charge in [0.15, 0.2) is 0 Å². The van der Waals surface area contributed by atoms with E-state index in [1.807, 2.05) is 0 Å². The highest BCUT2D eigenvalue weighted by Crippen LogP contribution is 2.64. The average Bonchev–Trinajstić information content (AvgIpc) is 2.76. The Kier molecular flexibility index (Phi) is 10.9. The molecule has 0 fully saturated rings. The lowest BCUT2D eigenvalue weighted by Gasteiger charge is -2.42. The molecule has 0 N–H and O–H groups in total. The number of likely N-dealkylation sites (N-methyl/N-ethyl adjacent to an activating group) is 1. The largest absolute Gasteiger partial charge is 0.460 e. The molecular weight excluding hydrogens is 593 g/mol. The zero-order valence-electron chi connectivity index (χ0n) is 19.9. The Morgan fingerprint density at radius 1 is 0.590 bits per heavy atom. The lowest BCUT2D eigenvalue weighted by atomic mass is 9.88. The summed E-state index contributed by atoms with van der Waals surface area (Å²) in [6.45, 7) is 6.45. The van der Waals surface area contributed by atoms with E-state index in [9.17, 15) is 79.4 Å². The number of alkyl halides is 17. The second kappa shape index (κ2) is 11.5. The number of amides is 1. The Bertz CT molecular complexity index is 863. The minimum absolute atomic E-state index is 0.00903. The molecule has 0 bridgehead atoms. The van der Waals surface area contributed by atoms with Crippen LogP contribution in [0, 0.1) is 0 Å². The topological polar surface area (TPSA) is 20.3 Å². The molecule has 0 aromatic heterocycles. The molecule has 0 unspecified atom stereocenters. The van der Waals surface area contributed by atoms with Crippen molar-refractivity contribution >= 4 is 5.91 Å². The minimum atomic E-state index is -8.62. The van der Waals surface area contributed by atoms with Crippen molar-refractivity contribution in [2.75, 3.05) is 13.1 Å². The molecule has 232 valence electrons. The number of hydrogen-bond acceptors (Lipinski definition) is 1. The standard InChI is InChI=1S/C20H22F17NO/c1-4-38(12(39)11(2)3)10-8-6-5-7-9-13(21,22)14(23,24)15(25,26)16(27,28)17(29,30)18(31,32)19(33,34)20(35,36)37/h2,4-10H2,1,3H3. The monoisotopic (exact) mass is 615 g/mol. The van der Waals surface area contributed by atoms with Gasteiger partial charge in [-0.3, -0.25) is 4.79 Å². The van der Waals surface area contributed by atoms with Gasteiger partial charge in [0.05, 0.1) is 0 Å². The quantitative estimate of drug-likeness (QED) is 0.103. The van der Waals surface area contributed by atoms with Crippen molar-refractivity contribution in [3.8, 4) is 0 Å². The van der Waals surface area contributed by atoms with Crippen LogP contribution in [0.4, 0.5) is 74.6 Å². The molecule has 0 aliphatic heterocycles. The van der Waals surface area contributed by atoms with E-state index in [0.717, 1.165) is 0 Å². The lowest BCUT2D eigenvalue weighted by Crippen LogP contribution is -2.74. The molecule has 0 aromatic rings. The summed E-state index contributed by atoms with van der Waals surface area (Å²) >= 11 is 0. The van der Waals surface area contributed by atoms with E-state index in [0.29, 0.717) is 0 Å². The maximum atomic E-state index is 13.8. The van der Waals surface area contributed by atoms with E-state index >= 15 is 0 Å². The molecule has 0 saturated heterocycles.